The zero-order valence-electron chi connectivity index (χ0n) is 21.0. The number of hydrogen-bond donors (Lipinski definition) is 0. The lowest BCUT2D eigenvalue weighted by atomic mass is 10.1. The predicted molar refractivity (Wildman–Crippen MR) is 134 cm³/mol. The summed E-state index contributed by atoms with van der Waals surface area (Å²) in [6.45, 7) is 8.13. The second-order valence-electron chi connectivity index (χ2n) is 9.49. The van der Waals surface area contributed by atoms with Gasteiger partial charge in [-0.3, -0.25) is 9.59 Å². The molecule has 2 saturated heterocycles. The summed E-state index contributed by atoms with van der Waals surface area (Å²) in [6, 6.07) is 5.38. The fourth-order valence-electron chi connectivity index (χ4n) is 5.11. The highest BCUT2D eigenvalue weighted by molar-refractivity contribution is 5.91. The summed E-state index contributed by atoms with van der Waals surface area (Å²) in [4.78, 5) is 40.3. The number of amides is 2. The van der Waals surface area contributed by atoms with Gasteiger partial charge in [0.15, 0.2) is 11.6 Å². The fourth-order valence-corrected chi connectivity index (χ4v) is 5.11. The van der Waals surface area contributed by atoms with Gasteiger partial charge in [-0.05, 0) is 57.2 Å². The number of carbonyl (C=O) groups is 2. The Morgan fingerprint density at radius 1 is 0.944 bits per heavy atom. The molecule has 0 aliphatic carbocycles. The van der Waals surface area contributed by atoms with E-state index < -0.39 is 0 Å². The van der Waals surface area contributed by atoms with Gasteiger partial charge in [0.25, 0.3) is 5.91 Å². The Kier molecular flexibility index (Phi) is 7.02. The number of nitrogens with zero attached hydrogens (tertiary/aromatic N) is 7. The molecule has 0 spiro atoms. The molecule has 10 heteroatoms. The van der Waals surface area contributed by atoms with Crippen LogP contribution in [0.2, 0.25) is 0 Å². The minimum Gasteiger partial charge on any atom is -0.459 e. The molecule has 2 aliphatic heterocycles. The summed E-state index contributed by atoms with van der Waals surface area (Å²) in [5.74, 6) is 2.00. The van der Waals surface area contributed by atoms with E-state index in [0.29, 0.717) is 44.8 Å². The summed E-state index contributed by atoms with van der Waals surface area (Å²) < 4.78 is 7.08. The molecule has 0 aromatic carbocycles. The van der Waals surface area contributed by atoms with Crippen molar-refractivity contribution in [1.29, 1.82) is 0 Å². The number of rotatable bonds is 6. The Bertz CT molecular complexity index is 1210. The number of furan rings is 1. The molecule has 3 aromatic heterocycles. The molecule has 5 rings (SSSR count). The van der Waals surface area contributed by atoms with Crippen LogP contribution >= 0.6 is 0 Å². The first-order chi connectivity index (χ1) is 17.5. The van der Waals surface area contributed by atoms with Gasteiger partial charge in [-0.25, -0.2) is 14.6 Å². The monoisotopic (exact) mass is 491 g/mol. The molecule has 0 saturated carbocycles. The van der Waals surface area contributed by atoms with Gasteiger partial charge in [-0.1, -0.05) is 0 Å². The molecule has 2 amide bonds. The second kappa shape index (κ2) is 10.5. The average Bonchev–Trinajstić information content (AvgIpc) is 3.56. The maximum absolute atomic E-state index is 12.9. The second-order valence-corrected chi connectivity index (χ2v) is 9.49. The van der Waals surface area contributed by atoms with Crippen molar-refractivity contribution >= 4 is 17.6 Å². The van der Waals surface area contributed by atoms with Crippen molar-refractivity contribution in [2.75, 3.05) is 44.2 Å². The quantitative estimate of drug-likeness (QED) is 0.523. The van der Waals surface area contributed by atoms with E-state index in [1.54, 1.807) is 23.4 Å². The molecule has 10 nitrogen and oxygen atoms in total. The Hall–Kier alpha value is -3.69. The first-order valence-corrected chi connectivity index (χ1v) is 12.7. The first kappa shape index (κ1) is 24.0. The van der Waals surface area contributed by atoms with Crippen molar-refractivity contribution in [3.8, 4) is 5.82 Å². The third-order valence-corrected chi connectivity index (χ3v) is 7.22. The molecular weight excluding hydrogens is 458 g/mol. The van der Waals surface area contributed by atoms with E-state index in [-0.39, 0.29) is 11.8 Å². The lowest BCUT2D eigenvalue weighted by molar-refractivity contribution is -0.132. The average molecular weight is 492 g/mol. The van der Waals surface area contributed by atoms with Crippen LogP contribution in [0.1, 0.15) is 53.2 Å². The number of piperidine rings is 1. The molecule has 0 N–H and O–H groups in total. The lowest BCUT2D eigenvalue weighted by Gasteiger charge is -2.34. The van der Waals surface area contributed by atoms with Crippen LogP contribution in [0, 0.1) is 13.8 Å². The van der Waals surface area contributed by atoms with Gasteiger partial charge in [0.05, 0.1) is 12.0 Å². The molecule has 5 heterocycles. The van der Waals surface area contributed by atoms with Crippen LogP contribution in [0.25, 0.3) is 5.82 Å². The molecule has 3 aromatic rings. The molecule has 0 bridgehead atoms. The molecular formula is C26H33N7O3. The normalized spacial score (nSPS) is 16.4. The van der Waals surface area contributed by atoms with Crippen LogP contribution in [0.3, 0.4) is 0 Å². The lowest BCUT2D eigenvalue weighted by Crippen LogP contribution is -2.50. The number of anilines is 1. The molecule has 0 radical (unpaired) electrons. The van der Waals surface area contributed by atoms with Crippen molar-refractivity contribution in [3.05, 3.63) is 53.5 Å². The SMILES string of the molecule is Cc1nn(-c2cc(N3CCCCC3)ncn2)c(C)c1CCC(=O)N1CCN(C(=O)c2ccco2)CC1. The molecule has 2 aliphatic rings. The summed E-state index contributed by atoms with van der Waals surface area (Å²) in [7, 11) is 0. The van der Waals surface area contributed by atoms with Crippen LogP contribution in [0.15, 0.2) is 35.2 Å². The Morgan fingerprint density at radius 3 is 2.39 bits per heavy atom. The van der Waals surface area contributed by atoms with E-state index in [9.17, 15) is 9.59 Å². The summed E-state index contributed by atoms with van der Waals surface area (Å²) in [5.41, 5.74) is 2.98. The summed E-state index contributed by atoms with van der Waals surface area (Å²) in [5, 5.41) is 4.74. The number of aromatic nitrogens is 4. The summed E-state index contributed by atoms with van der Waals surface area (Å²) >= 11 is 0. The number of piperazine rings is 1. The summed E-state index contributed by atoms with van der Waals surface area (Å²) in [6.07, 6.45) is 7.77. The first-order valence-electron chi connectivity index (χ1n) is 12.7. The number of hydrogen-bond acceptors (Lipinski definition) is 7. The van der Waals surface area contributed by atoms with Crippen LogP contribution in [0.4, 0.5) is 5.82 Å². The molecule has 0 atom stereocenters. The maximum atomic E-state index is 12.9. The van der Waals surface area contributed by atoms with Crippen LogP contribution < -0.4 is 4.90 Å². The Labute approximate surface area is 210 Å². The zero-order chi connectivity index (χ0) is 25.1. The Morgan fingerprint density at radius 2 is 1.67 bits per heavy atom. The predicted octanol–water partition coefficient (Wildman–Crippen LogP) is 2.78. The van der Waals surface area contributed by atoms with Gasteiger partial charge in [0, 0.05) is 57.4 Å². The van der Waals surface area contributed by atoms with Gasteiger partial charge in [-0.2, -0.15) is 5.10 Å². The van der Waals surface area contributed by atoms with Crippen LogP contribution in [-0.2, 0) is 11.2 Å². The third kappa shape index (κ3) is 4.98. The standard InChI is InChI=1S/C26H33N7O3/c1-19-21(8-9-25(34)31-12-14-32(15-13-31)26(35)22-7-6-16-36-22)20(2)33(29-19)24-17-23(27-18-28-24)30-10-4-3-5-11-30/h6-7,16-18H,3-5,8-15H2,1-2H3. The van der Waals surface area contributed by atoms with E-state index in [2.05, 4.69) is 14.9 Å². The Balaban J connectivity index is 1.20. The molecule has 190 valence electrons. The van der Waals surface area contributed by atoms with Crippen molar-refractivity contribution in [2.45, 2.75) is 46.0 Å². The van der Waals surface area contributed by atoms with Gasteiger partial charge in [0.1, 0.15) is 12.1 Å². The van der Waals surface area contributed by atoms with Gasteiger partial charge in [0.2, 0.25) is 5.91 Å². The van der Waals surface area contributed by atoms with E-state index in [1.165, 1.54) is 25.5 Å². The van der Waals surface area contributed by atoms with Crippen molar-refractivity contribution in [3.63, 3.8) is 0 Å². The molecule has 36 heavy (non-hydrogen) atoms. The topological polar surface area (TPSA) is 101 Å². The molecule has 2 fully saturated rings. The fraction of sp³-hybridized carbons (Fsp3) is 0.500. The highest BCUT2D eigenvalue weighted by Gasteiger charge is 2.26. The van der Waals surface area contributed by atoms with E-state index >= 15 is 0 Å². The van der Waals surface area contributed by atoms with Crippen LogP contribution in [-0.4, -0.2) is 80.6 Å². The van der Waals surface area contributed by atoms with E-state index in [1.807, 2.05) is 29.5 Å². The van der Waals surface area contributed by atoms with Gasteiger partial charge in [-0.15, -0.1) is 0 Å². The smallest absolute Gasteiger partial charge is 0.289 e. The molecule has 0 unspecified atom stereocenters. The van der Waals surface area contributed by atoms with E-state index in [4.69, 9.17) is 9.52 Å². The van der Waals surface area contributed by atoms with E-state index in [0.717, 1.165) is 41.7 Å². The number of aryl methyl sites for hydroxylation is 1. The van der Waals surface area contributed by atoms with Gasteiger partial charge >= 0.3 is 0 Å². The minimum atomic E-state index is -0.126. The zero-order valence-corrected chi connectivity index (χ0v) is 21.0. The van der Waals surface area contributed by atoms with Crippen molar-refractivity contribution in [2.24, 2.45) is 0 Å². The third-order valence-electron chi connectivity index (χ3n) is 7.22. The number of carbonyl (C=O) groups excluding carboxylic acids is 2. The van der Waals surface area contributed by atoms with Crippen molar-refractivity contribution < 1.29 is 14.0 Å². The van der Waals surface area contributed by atoms with Crippen LogP contribution in [0.5, 0.6) is 0 Å². The van der Waals surface area contributed by atoms with Crippen molar-refractivity contribution in [1.82, 2.24) is 29.5 Å². The maximum Gasteiger partial charge on any atom is 0.289 e. The van der Waals surface area contributed by atoms with Gasteiger partial charge < -0.3 is 19.1 Å². The highest BCUT2D eigenvalue weighted by Crippen LogP contribution is 2.22. The minimum absolute atomic E-state index is 0.0982. The highest BCUT2D eigenvalue weighted by atomic mass is 16.3. The largest absolute Gasteiger partial charge is 0.459 e.